The van der Waals surface area contributed by atoms with E-state index in [1.807, 2.05) is 19.1 Å². The fourth-order valence-electron chi connectivity index (χ4n) is 2.49. The van der Waals surface area contributed by atoms with Gasteiger partial charge in [0.1, 0.15) is 5.82 Å². The van der Waals surface area contributed by atoms with Crippen molar-refractivity contribution >= 4 is 5.82 Å². The summed E-state index contributed by atoms with van der Waals surface area (Å²) in [7, 11) is 0. The minimum absolute atomic E-state index is 0.662. The molecule has 0 atom stereocenters. The highest BCUT2D eigenvalue weighted by Crippen LogP contribution is 2.24. The van der Waals surface area contributed by atoms with E-state index in [2.05, 4.69) is 16.0 Å². The lowest BCUT2D eigenvalue weighted by atomic mass is 9.94. The van der Waals surface area contributed by atoms with Crippen LogP contribution in [0.5, 0.6) is 5.88 Å². The fraction of sp³-hybridized carbons (Fsp3) is 0.643. The Kier molecular flexibility index (Phi) is 4.81. The number of hydrogen-bond acceptors (Lipinski definition) is 4. The molecule has 0 saturated carbocycles. The second-order valence-corrected chi connectivity index (χ2v) is 4.77. The number of rotatable bonds is 5. The third-order valence-electron chi connectivity index (χ3n) is 3.51. The molecule has 1 aromatic heterocycles. The van der Waals surface area contributed by atoms with Crippen LogP contribution in [-0.4, -0.2) is 31.2 Å². The summed E-state index contributed by atoms with van der Waals surface area (Å²) in [5, 5.41) is 0. The average molecular weight is 249 g/mol. The molecule has 0 amide bonds. The molecule has 18 heavy (non-hydrogen) atoms. The number of aromatic nitrogens is 1. The number of nitrogens with zero attached hydrogens (tertiary/aromatic N) is 2. The van der Waals surface area contributed by atoms with Gasteiger partial charge in [0.15, 0.2) is 0 Å². The number of nitrogens with two attached hydrogens (primary N) is 1. The highest BCUT2D eigenvalue weighted by Gasteiger charge is 2.19. The van der Waals surface area contributed by atoms with Crippen LogP contribution in [0.1, 0.15) is 26.2 Å². The Balaban J connectivity index is 1.94. The minimum Gasteiger partial charge on any atom is -0.478 e. The van der Waals surface area contributed by atoms with Crippen molar-refractivity contribution in [3.63, 3.8) is 0 Å². The lowest BCUT2D eigenvalue weighted by Crippen LogP contribution is -2.34. The van der Waals surface area contributed by atoms with Gasteiger partial charge in [-0.05, 0) is 44.7 Å². The third-order valence-corrected chi connectivity index (χ3v) is 3.51. The molecule has 0 bridgehead atoms. The molecule has 0 aromatic carbocycles. The first kappa shape index (κ1) is 13.1. The maximum Gasteiger partial charge on any atom is 0.215 e. The smallest absolute Gasteiger partial charge is 0.215 e. The molecular weight excluding hydrogens is 226 g/mol. The van der Waals surface area contributed by atoms with Crippen LogP contribution in [0.25, 0.3) is 0 Å². The standard InChI is InChI=1S/C14H23N3O/c1-2-18-14-5-3-4-13(16-14)17-10-7-12(6-9-15)8-11-17/h3-5,12H,2,6-11,15H2,1H3. The molecule has 2 N–H and O–H groups in total. The molecule has 0 radical (unpaired) electrons. The first-order valence-electron chi connectivity index (χ1n) is 6.88. The van der Waals surface area contributed by atoms with Crippen molar-refractivity contribution in [1.29, 1.82) is 0 Å². The van der Waals surface area contributed by atoms with Crippen molar-refractivity contribution in [1.82, 2.24) is 4.98 Å². The van der Waals surface area contributed by atoms with Crippen LogP contribution in [0, 0.1) is 5.92 Å². The second-order valence-electron chi connectivity index (χ2n) is 4.77. The van der Waals surface area contributed by atoms with E-state index >= 15 is 0 Å². The summed E-state index contributed by atoms with van der Waals surface area (Å²) >= 11 is 0. The van der Waals surface area contributed by atoms with Crippen LogP contribution < -0.4 is 15.4 Å². The molecule has 2 heterocycles. The van der Waals surface area contributed by atoms with Crippen LogP contribution in [-0.2, 0) is 0 Å². The van der Waals surface area contributed by atoms with E-state index in [9.17, 15) is 0 Å². The molecule has 0 unspecified atom stereocenters. The zero-order valence-electron chi connectivity index (χ0n) is 11.1. The van der Waals surface area contributed by atoms with E-state index in [4.69, 9.17) is 10.5 Å². The van der Waals surface area contributed by atoms with Crippen LogP contribution in [0.3, 0.4) is 0 Å². The largest absolute Gasteiger partial charge is 0.478 e. The maximum absolute atomic E-state index is 5.62. The van der Waals surface area contributed by atoms with Crippen molar-refractivity contribution in [2.75, 3.05) is 31.1 Å². The normalized spacial score (nSPS) is 16.9. The first-order chi connectivity index (χ1) is 8.83. The summed E-state index contributed by atoms with van der Waals surface area (Å²) in [5.74, 6) is 2.55. The molecule has 4 heteroatoms. The third kappa shape index (κ3) is 3.35. The summed E-state index contributed by atoms with van der Waals surface area (Å²) in [6.07, 6.45) is 3.59. The Hall–Kier alpha value is -1.29. The van der Waals surface area contributed by atoms with Gasteiger partial charge < -0.3 is 15.4 Å². The monoisotopic (exact) mass is 249 g/mol. The summed E-state index contributed by atoms with van der Waals surface area (Å²) in [6, 6.07) is 5.99. The molecular formula is C14H23N3O. The summed E-state index contributed by atoms with van der Waals surface area (Å²) in [5.41, 5.74) is 5.62. The van der Waals surface area contributed by atoms with E-state index < -0.39 is 0 Å². The van der Waals surface area contributed by atoms with Crippen molar-refractivity contribution in [3.05, 3.63) is 18.2 Å². The van der Waals surface area contributed by atoms with Gasteiger partial charge in [-0.2, -0.15) is 4.98 Å². The number of hydrogen-bond donors (Lipinski definition) is 1. The summed E-state index contributed by atoms with van der Waals surface area (Å²) in [4.78, 5) is 6.88. The Morgan fingerprint density at radius 2 is 2.17 bits per heavy atom. The lowest BCUT2D eigenvalue weighted by Gasteiger charge is -2.32. The number of anilines is 1. The minimum atomic E-state index is 0.662. The summed E-state index contributed by atoms with van der Waals surface area (Å²) in [6.45, 7) is 5.60. The molecule has 1 aliphatic heterocycles. The topological polar surface area (TPSA) is 51.4 Å². The SMILES string of the molecule is CCOc1cccc(N2CCC(CCN)CC2)n1. The first-order valence-corrected chi connectivity index (χ1v) is 6.88. The lowest BCUT2D eigenvalue weighted by molar-refractivity contribution is 0.326. The highest BCUT2D eigenvalue weighted by atomic mass is 16.5. The van der Waals surface area contributed by atoms with Crippen molar-refractivity contribution in [2.45, 2.75) is 26.2 Å². The van der Waals surface area contributed by atoms with Gasteiger partial charge in [0.25, 0.3) is 0 Å². The predicted octanol–water partition coefficient (Wildman–Crippen LogP) is 2.05. The van der Waals surface area contributed by atoms with Crippen LogP contribution in [0.15, 0.2) is 18.2 Å². The van der Waals surface area contributed by atoms with Gasteiger partial charge in [0.05, 0.1) is 6.61 Å². The predicted molar refractivity (Wildman–Crippen MR) is 74.0 cm³/mol. The van der Waals surface area contributed by atoms with Crippen molar-refractivity contribution in [3.8, 4) is 5.88 Å². The molecule has 100 valence electrons. The molecule has 1 aromatic rings. The Morgan fingerprint density at radius 1 is 1.39 bits per heavy atom. The molecule has 4 nitrogen and oxygen atoms in total. The molecule has 1 aliphatic rings. The summed E-state index contributed by atoms with van der Waals surface area (Å²) < 4.78 is 5.44. The van der Waals surface area contributed by atoms with Gasteiger partial charge in [-0.25, -0.2) is 0 Å². The van der Waals surface area contributed by atoms with Crippen molar-refractivity contribution < 1.29 is 4.74 Å². The average Bonchev–Trinajstić information content (AvgIpc) is 2.41. The second kappa shape index (κ2) is 6.59. The number of pyridine rings is 1. The van der Waals surface area contributed by atoms with Gasteiger partial charge in [0, 0.05) is 19.2 Å². The van der Waals surface area contributed by atoms with Gasteiger partial charge in [-0.3, -0.25) is 0 Å². The van der Waals surface area contributed by atoms with Crippen LogP contribution in [0.4, 0.5) is 5.82 Å². The van der Waals surface area contributed by atoms with Gasteiger partial charge in [-0.15, -0.1) is 0 Å². The molecule has 2 rings (SSSR count). The maximum atomic E-state index is 5.62. The van der Waals surface area contributed by atoms with E-state index in [0.717, 1.165) is 43.7 Å². The zero-order chi connectivity index (χ0) is 12.8. The van der Waals surface area contributed by atoms with Gasteiger partial charge in [0.2, 0.25) is 5.88 Å². The Morgan fingerprint density at radius 3 is 2.83 bits per heavy atom. The quantitative estimate of drug-likeness (QED) is 0.867. The fourth-order valence-corrected chi connectivity index (χ4v) is 2.49. The molecule has 1 saturated heterocycles. The molecule has 1 fully saturated rings. The number of ether oxygens (including phenoxy) is 1. The zero-order valence-corrected chi connectivity index (χ0v) is 11.1. The van der Waals surface area contributed by atoms with E-state index in [0.29, 0.717) is 6.61 Å². The Labute approximate surface area is 109 Å². The van der Waals surface area contributed by atoms with Crippen molar-refractivity contribution in [2.24, 2.45) is 11.7 Å². The van der Waals surface area contributed by atoms with E-state index in [-0.39, 0.29) is 0 Å². The highest BCUT2D eigenvalue weighted by molar-refractivity contribution is 5.41. The molecule has 0 spiro atoms. The van der Waals surface area contributed by atoms with E-state index in [1.165, 1.54) is 12.8 Å². The number of piperidine rings is 1. The van der Waals surface area contributed by atoms with E-state index in [1.54, 1.807) is 0 Å². The van der Waals surface area contributed by atoms with Crippen LogP contribution in [0.2, 0.25) is 0 Å². The molecule has 0 aliphatic carbocycles. The Bertz CT molecular complexity index is 362. The van der Waals surface area contributed by atoms with Crippen LogP contribution >= 0.6 is 0 Å². The van der Waals surface area contributed by atoms with Gasteiger partial charge in [-0.1, -0.05) is 6.07 Å². The van der Waals surface area contributed by atoms with Gasteiger partial charge >= 0.3 is 0 Å².